The van der Waals surface area contributed by atoms with E-state index in [0.717, 1.165) is 18.5 Å². The first-order chi connectivity index (χ1) is 14.8. The molecule has 3 aromatic rings. The maximum absolute atomic E-state index is 12.6. The highest BCUT2D eigenvalue weighted by molar-refractivity contribution is 6.30. The van der Waals surface area contributed by atoms with Gasteiger partial charge in [-0.3, -0.25) is 4.79 Å². The van der Waals surface area contributed by atoms with Crippen molar-refractivity contribution in [2.75, 3.05) is 6.61 Å². The van der Waals surface area contributed by atoms with Gasteiger partial charge in [0, 0.05) is 22.6 Å². The predicted molar refractivity (Wildman–Crippen MR) is 104 cm³/mol. The Balaban J connectivity index is 1.52. The van der Waals surface area contributed by atoms with Crippen molar-refractivity contribution in [2.45, 2.75) is 31.5 Å². The molecule has 162 valence electrons. The molecular weight excluding hydrogens is 437 g/mol. The van der Waals surface area contributed by atoms with Crippen LogP contribution in [0.4, 0.5) is 13.2 Å². The zero-order valence-corrected chi connectivity index (χ0v) is 16.7. The molecule has 1 saturated carbocycles. The summed E-state index contributed by atoms with van der Waals surface area (Å²) >= 11 is 5.88. The predicted octanol–water partition coefficient (Wildman–Crippen LogP) is 4.53. The van der Waals surface area contributed by atoms with Gasteiger partial charge in [0.1, 0.15) is 0 Å². The largest absolute Gasteiger partial charge is 0.467 e. The van der Waals surface area contributed by atoms with Crippen molar-refractivity contribution in [1.82, 2.24) is 20.7 Å². The molecule has 31 heavy (non-hydrogen) atoms. The molecule has 1 aliphatic carbocycles. The van der Waals surface area contributed by atoms with E-state index in [-0.39, 0.29) is 23.7 Å². The summed E-state index contributed by atoms with van der Waals surface area (Å²) < 4.78 is 47.7. The van der Waals surface area contributed by atoms with Crippen molar-refractivity contribution in [3.05, 3.63) is 58.6 Å². The third-order valence-electron chi connectivity index (χ3n) is 4.52. The van der Waals surface area contributed by atoms with Gasteiger partial charge in [-0.25, -0.2) is 0 Å². The van der Waals surface area contributed by atoms with Gasteiger partial charge in [0.25, 0.3) is 5.91 Å². The number of benzene rings is 1. The molecule has 0 aliphatic heterocycles. The third-order valence-corrected chi connectivity index (χ3v) is 4.77. The third kappa shape index (κ3) is 5.52. The summed E-state index contributed by atoms with van der Waals surface area (Å²) in [6.07, 6.45) is -2.40. The maximum Gasteiger partial charge on any atom is 0.422 e. The fourth-order valence-corrected chi connectivity index (χ4v) is 2.95. The Labute approximate surface area is 179 Å². The van der Waals surface area contributed by atoms with Crippen LogP contribution in [0.15, 0.2) is 40.9 Å². The minimum absolute atomic E-state index is 0.0861. The van der Waals surface area contributed by atoms with E-state index in [1.165, 1.54) is 6.07 Å². The summed E-state index contributed by atoms with van der Waals surface area (Å²) in [4.78, 5) is 12.5. The standard InChI is InChI=1S/C20H16ClF3N4O3/c21-13-5-3-11(4-6-13)15-8-17(26-27-19(15)30-10-20(22,23)24)18(29)25-9-14-7-16(28-31-14)12-1-2-12/h3-8,12H,1-2,9-10H2,(H,25,29). The highest BCUT2D eigenvalue weighted by Gasteiger charge is 2.30. The normalized spacial score (nSPS) is 13.8. The summed E-state index contributed by atoms with van der Waals surface area (Å²) in [6.45, 7) is -1.45. The number of halogens is 4. The molecule has 1 amide bonds. The highest BCUT2D eigenvalue weighted by Crippen LogP contribution is 2.39. The van der Waals surface area contributed by atoms with Gasteiger partial charge in [0.05, 0.1) is 12.2 Å². The molecule has 7 nitrogen and oxygen atoms in total. The maximum atomic E-state index is 12.6. The summed E-state index contributed by atoms with van der Waals surface area (Å²) in [5.41, 5.74) is 1.41. The summed E-state index contributed by atoms with van der Waals surface area (Å²) in [5.74, 6) is -0.00789. The zero-order chi connectivity index (χ0) is 22.0. The first kappa shape index (κ1) is 21.1. The number of amides is 1. The van der Waals surface area contributed by atoms with Crippen LogP contribution in [0, 0.1) is 0 Å². The van der Waals surface area contributed by atoms with Crippen LogP contribution < -0.4 is 10.1 Å². The summed E-state index contributed by atoms with van der Waals surface area (Å²) in [6, 6.07) is 9.38. The van der Waals surface area contributed by atoms with Crippen LogP contribution in [0.5, 0.6) is 5.88 Å². The highest BCUT2D eigenvalue weighted by atomic mass is 35.5. The molecule has 11 heteroatoms. The van der Waals surface area contributed by atoms with Crippen LogP contribution in [-0.4, -0.2) is 34.0 Å². The lowest BCUT2D eigenvalue weighted by molar-refractivity contribution is -0.154. The van der Waals surface area contributed by atoms with E-state index < -0.39 is 18.7 Å². The van der Waals surface area contributed by atoms with Gasteiger partial charge in [-0.1, -0.05) is 28.9 Å². The second-order valence-corrected chi connectivity index (χ2v) is 7.47. The Kier molecular flexibility index (Phi) is 5.81. The molecule has 2 aromatic heterocycles. The van der Waals surface area contributed by atoms with Crippen LogP contribution in [0.3, 0.4) is 0 Å². The molecule has 1 fully saturated rings. The number of ether oxygens (including phenoxy) is 1. The second-order valence-electron chi connectivity index (χ2n) is 7.03. The molecule has 1 N–H and O–H groups in total. The monoisotopic (exact) mass is 452 g/mol. The minimum atomic E-state index is -4.55. The average molecular weight is 453 g/mol. The van der Waals surface area contributed by atoms with E-state index in [9.17, 15) is 18.0 Å². The first-order valence-electron chi connectivity index (χ1n) is 9.35. The van der Waals surface area contributed by atoms with E-state index in [0.29, 0.717) is 22.3 Å². The number of carbonyl (C=O) groups is 1. The number of hydrogen-bond acceptors (Lipinski definition) is 6. The smallest absolute Gasteiger partial charge is 0.422 e. The molecule has 2 heterocycles. The van der Waals surface area contributed by atoms with Crippen LogP contribution in [0.25, 0.3) is 11.1 Å². The molecule has 0 radical (unpaired) electrons. The Hall–Kier alpha value is -3.14. The Morgan fingerprint density at radius 1 is 1.19 bits per heavy atom. The van der Waals surface area contributed by atoms with Crippen molar-refractivity contribution < 1.29 is 27.2 Å². The lowest BCUT2D eigenvalue weighted by atomic mass is 10.1. The van der Waals surface area contributed by atoms with Crippen molar-refractivity contribution in [1.29, 1.82) is 0 Å². The van der Waals surface area contributed by atoms with Gasteiger partial charge < -0.3 is 14.6 Å². The van der Waals surface area contributed by atoms with Crippen molar-refractivity contribution in [2.24, 2.45) is 0 Å². The van der Waals surface area contributed by atoms with E-state index in [4.69, 9.17) is 20.9 Å². The molecular formula is C20H16ClF3N4O3. The SMILES string of the molecule is O=C(NCc1cc(C2CC2)no1)c1cc(-c2ccc(Cl)cc2)c(OCC(F)(F)F)nn1. The molecule has 0 unspecified atom stereocenters. The van der Waals surface area contributed by atoms with E-state index in [1.807, 2.05) is 0 Å². The minimum Gasteiger partial charge on any atom is -0.467 e. The molecule has 0 atom stereocenters. The number of hydrogen-bond donors (Lipinski definition) is 1. The number of alkyl halides is 3. The number of nitrogens with one attached hydrogen (secondary N) is 1. The fourth-order valence-electron chi connectivity index (χ4n) is 2.83. The van der Waals surface area contributed by atoms with Gasteiger partial charge in [-0.2, -0.15) is 13.2 Å². The molecule has 4 rings (SSSR count). The van der Waals surface area contributed by atoms with Crippen LogP contribution >= 0.6 is 11.6 Å². The molecule has 1 aliphatic rings. The summed E-state index contributed by atoms with van der Waals surface area (Å²) in [7, 11) is 0. The number of nitrogens with zero attached hydrogens (tertiary/aromatic N) is 3. The molecule has 0 bridgehead atoms. The quantitative estimate of drug-likeness (QED) is 0.566. The van der Waals surface area contributed by atoms with Gasteiger partial charge in [0.2, 0.25) is 5.88 Å². The van der Waals surface area contributed by atoms with Crippen molar-refractivity contribution in [3.63, 3.8) is 0 Å². The van der Waals surface area contributed by atoms with Gasteiger partial charge >= 0.3 is 6.18 Å². The van der Waals surface area contributed by atoms with Crippen molar-refractivity contribution in [3.8, 4) is 17.0 Å². The Morgan fingerprint density at radius 3 is 2.61 bits per heavy atom. The number of aromatic nitrogens is 3. The molecule has 1 aromatic carbocycles. The zero-order valence-electron chi connectivity index (χ0n) is 15.9. The van der Waals surface area contributed by atoms with Crippen molar-refractivity contribution >= 4 is 17.5 Å². The molecule has 0 spiro atoms. The van der Waals surface area contributed by atoms with Crippen LogP contribution in [-0.2, 0) is 6.54 Å². The second kappa shape index (κ2) is 8.54. The van der Waals surface area contributed by atoms with Crippen LogP contribution in [0.2, 0.25) is 5.02 Å². The Bertz CT molecular complexity index is 1080. The lowest BCUT2D eigenvalue weighted by Gasteiger charge is -2.13. The molecule has 0 saturated heterocycles. The number of rotatable bonds is 7. The van der Waals surface area contributed by atoms with Gasteiger partial charge in [-0.15, -0.1) is 10.2 Å². The van der Waals surface area contributed by atoms with Gasteiger partial charge in [0.15, 0.2) is 18.1 Å². The van der Waals surface area contributed by atoms with E-state index in [1.54, 1.807) is 30.3 Å². The first-order valence-corrected chi connectivity index (χ1v) is 9.73. The summed E-state index contributed by atoms with van der Waals surface area (Å²) in [5, 5.41) is 14.4. The lowest BCUT2D eigenvalue weighted by Crippen LogP contribution is -2.24. The Morgan fingerprint density at radius 2 is 1.94 bits per heavy atom. The number of carbonyl (C=O) groups excluding carboxylic acids is 1. The fraction of sp³-hybridized carbons (Fsp3) is 0.300. The average Bonchev–Trinajstić information content (AvgIpc) is 3.48. The van der Waals surface area contributed by atoms with E-state index in [2.05, 4.69) is 20.7 Å². The van der Waals surface area contributed by atoms with E-state index >= 15 is 0 Å². The van der Waals surface area contributed by atoms with Gasteiger partial charge in [-0.05, 0) is 36.6 Å². The van der Waals surface area contributed by atoms with Crippen LogP contribution in [0.1, 0.15) is 40.7 Å². The topological polar surface area (TPSA) is 90.1 Å².